The van der Waals surface area contributed by atoms with Gasteiger partial charge in [0.15, 0.2) is 11.6 Å². The first-order valence-corrected chi connectivity index (χ1v) is 8.60. The molecule has 0 amide bonds. The number of hydrogen-bond donors (Lipinski definition) is 0. The summed E-state index contributed by atoms with van der Waals surface area (Å²) in [5.41, 5.74) is 2.75. The van der Waals surface area contributed by atoms with Crippen LogP contribution in [-0.4, -0.2) is 17.3 Å². The lowest BCUT2D eigenvalue weighted by atomic mass is 9.92. The third-order valence-electron chi connectivity index (χ3n) is 4.40. The number of hydrogen-bond acceptors (Lipinski definition) is 3. The summed E-state index contributed by atoms with van der Waals surface area (Å²) in [4.78, 5) is 30.6. The van der Waals surface area contributed by atoms with Gasteiger partial charge in [0.2, 0.25) is 0 Å². The van der Waals surface area contributed by atoms with Crippen molar-refractivity contribution in [1.29, 1.82) is 0 Å². The summed E-state index contributed by atoms with van der Waals surface area (Å²) < 4.78 is 0. The lowest BCUT2D eigenvalue weighted by Gasteiger charge is -2.12. The van der Waals surface area contributed by atoms with Crippen LogP contribution in [-0.2, 0) is 0 Å². The number of aliphatic imine (C=N–C) groups is 1. The summed E-state index contributed by atoms with van der Waals surface area (Å²) in [5.74, 6) is -1.36. The Morgan fingerprint density at radius 2 is 1.27 bits per heavy atom. The molecular formula is C22H14ClNO2. The topological polar surface area (TPSA) is 46.5 Å². The van der Waals surface area contributed by atoms with Crippen LogP contribution in [0.25, 0.3) is 0 Å². The van der Waals surface area contributed by atoms with Crippen LogP contribution in [0.4, 0.5) is 5.69 Å². The molecule has 0 fully saturated rings. The molecule has 1 aliphatic rings. The Hall–Kier alpha value is -3.04. The maximum atomic E-state index is 13.0. The van der Waals surface area contributed by atoms with Crippen molar-refractivity contribution in [2.24, 2.45) is 10.9 Å². The zero-order valence-corrected chi connectivity index (χ0v) is 14.5. The average molecular weight is 360 g/mol. The molecule has 26 heavy (non-hydrogen) atoms. The lowest BCUT2D eigenvalue weighted by Crippen LogP contribution is -2.26. The average Bonchev–Trinajstić information content (AvgIpc) is 2.93. The normalized spacial score (nSPS) is 14.6. The van der Waals surface area contributed by atoms with E-state index in [1.165, 1.54) is 0 Å². The fraction of sp³-hybridized carbons (Fsp3) is 0.0455. The first-order valence-electron chi connectivity index (χ1n) is 8.22. The Morgan fingerprint density at radius 3 is 1.85 bits per heavy atom. The van der Waals surface area contributed by atoms with Crippen molar-refractivity contribution >= 4 is 34.6 Å². The SMILES string of the molecule is O=C1c2ccccc2C(=O)C1C(=Nc1ccccc1)c1ccc(Cl)cc1. The molecule has 0 atom stereocenters. The van der Waals surface area contributed by atoms with Crippen LogP contribution < -0.4 is 0 Å². The van der Waals surface area contributed by atoms with E-state index >= 15 is 0 Å². The van der Waals surface area contributed by atoms with Crippen LogP contribution in [0.15, 0.2) is 83.9 Å². The lowest BCUT2D eigenvalue weighted by molar-refractivity contribution is 0.0884. The van der Waals surface area contributed by atoms with Crippen molar-refractivity contribution in [2.75, 3.05) is 0 Å². The summed E-state index contributed by atoms with van der Waals surface area (Å²) in [6.45, 7) is 0. The van der Waals surface area contributed by atoms with Crippen molar-refractivity contribution in [3.63, 3.8) is 0 Å². The van der Waals surface area contributed by atoms with Crippen molar-refractivity contribution in [2.45, 2.75) is 0 Å². The molecule has 0 aliphatic heterocycles. The fourth-order valence-corrected chi connectivity index (χ4v) is 3.28. The van der Waals surface area contributed by atoms with E-state index in [9.17, 15) is 9.59 Å². The zero-order chi connectivity index (χ0) is 18.1. The maximum Gasteiger partial charge on any atom is 0.180 e. The molecule has 4 heteroatoms. The van der Waals surface area contributed by atoms with Crippen molar-refractivity contribution in [3.05, 3.63) is 101 Å². The predicted octanol–water partition coefficient (Wildman–Crippen LogP) is 5.16. The number of halogens is 1. The molecule has 0 unspecified atom stereocenters. The van der Waals surface area contributed by atoms with E-state index < -0.39 is 5.92 Å². The number of carbonyl (C=O) groups excluding carboxylic acids is 2. The molecule has 0 bridgehead atoms. The van der Waals surface area contributed by atoms with Gasteiger partial charge in [0.05, 0.1) is 11.4 Å². The van der Waals surface area contributed by atoms with Gasteiger partial charge in [-0.1, -0.05) is 66.2 Å². The van der Waals surface area contributed by atoms with E-state index in [1.807, 2.05) is 30.3 Å². The molecule has 126 valence electrons. The first-order chi connectivity index (χ1) is 12.6. The van der Waals surface area contributed by atoms with E-state index in [1.54, 1.807) is 48.5 Å². The third-order valence-corrected chi connectivity index (χ3v) is 4.65. The molecule has 3 aromatic rings. The van der Waals surface area contributed by atoms with Gasteiger partial charge < -0.3 is 0 Å². The van der Waals surface area contributed by atoms with Crippen molar-refractivity contribution in [3.8, 4) is 0 Å². The minimum Gasteiger partial charge on any atom is -0.293 e. The van der Waals surface area contributed by atoms with E-state index in [2.05, 4.69) is 4.99 Å². The second kappa shape index (κ2) is 6.70. The quantitative estimate of drug-likeness (QED) is 0.479. The molecule has 0 heterocycles. The second-order valence-corrected chi connectivity index (χ2v) is 6.48. The van der Waals surface area contributed by atoms with Gasteiger partial charge >= 0.3 is 0 Å². The molecular weight excluding hydrogens is 346 g/mol. The number of benzene rings is 3. The van der Waals surface area contributed by atoms with E-state index in [-0.39, 0.29) is 11.6 Å². The molecule has 4 rings (SSSR count). The summed E-state index contributed by atoms with van der Waals surface area (Å²) in [5, 5.41) is 0.583. The Morgan fingerprint density at radius 1 is 0.731 bits per heavy atom. The number of Topliss-reactive ketones (excluding diaryl/α,β-unsaturated/α-hetero) is 2. The third kappa shape index (κ3) is 2.87. The smallest absolute Gasteiger partial charge is 0.180 e. The number of fused-ring (bicyclic) bond motifs is 1. The first kappa shape index (κ1) is 16.4. The maximum absolute atomic E-state index is 13.0. The van der Waals surface area contributed by atoms with Gasteiger partial charge in [-0.05, 0) is 29.8 Å². The highest BCUT2D eigenvalue weighted by Crippen LogP contribution is 2.31. The van der Waals surface area contributed by atoms with Crippen LogP contribution in [0.3, 0.4) is 0 Å². The van der Waals surface area contributed by atoms with Crippen molar-refractivity contribution < 1.29 is 9.59 Å². The molecule has 3 nitrogen and oxygen atoms in total. The molecule has 3 aromatic carbocycles. The molecule has 0 saturated heterocycles. The van der Waals surface area contributed by atoms with Gasteiger partial charge in [-0.2, -0.15) is 0 Å². The fourth-order valence-electron chi connectivity index (χ4n) is 3.15. The highest BCUT2D eigenvalue weighted by atomic mass is 35.5. The van der Waals surface area contributed by atoms with E-state index in [0.29, 0.717) is 33.1 Å². The largest absolute Gasteiger partial charge is 0.293 e. The molecule has 0 saturated carbocycles. The van der Waals surface area contributed by atoms with Gasteiger partial charge in [0.1, 0.15) is 5.92 Å². The van der Waals surface area contributed by atoms with Crippen LogP contribution in [0, 0.1) is 5.92 Å². The standard InChI is InChI=1S/C22H14ClNO2/c23-15-12-10-14(11-13-15)20(24-16-6-2-1-3-7-16)19-21(25)17-8-4-5-9-18(17)22(19)26/h1-13,19H. The van der Waals surface area contributed by atoms with Crippen LogP contribution in [0.1, 0.15) is 26.3 Å². The van der Waals surface area contributed by atoms with Crippen LogP contribution in [0.2, 0.25) is 5.02 Å². The monoisotopic (exact) mass is 359 g/mol. The predicted molar refractivity (Wildman–Crippen MR) is 103 cm³/mol. The van der Waals surface area contributed by atoms with Gasteiger partial charge in [0, 0.05) is 16.1 Å². The molecule has 0 aromatic heterocycles. The molecule has 0 spiro atoms. The minimum absolute atomic E-state index is 0.213. The minimum atomic E-state index is -0.936. The highest BCUT2D eigenvalue weighted by molar-refractivity contribution is 6.39. The number of ketones is 2. The van der Waals surface area contributed by atoms with Gasteiger partial charge in [-0.25, -0.2) is 0 Å². The molecule has 1 aliphatic carbocycles. The van der Waals surface area contributed by atoms with Crippen molar-refractivity contribution in [1.82, 2.24) is 0 Å². The van der Waals surface area contributed by atoms with E-state index in [0.717, 1.165) is 0 Å². The van der Waals surface area contributed by atoms with Gasteiger partial charge in [-0.3, -0.25) is 14.6 Å². The summed E-state index contributed by atoms with van der Waals surface area (Å²) in [6.07, 6.45) is 0. The Bertz CT molecular complexity index is 989. The van der Waals surface area contributed by atoms with Crippen LogP contribution >= 0.6 is 11.6 Å². The van der Waals surface area contributed by atoms with Gasteiger partial charge in [0.25, 0.3) is 0 Å². The number of para-hydroxylation sites is 1. The molecule has 0 radical (unpaired) electrons. The van der Waals surface area contributed by atoms with Gasteiger partial charge in [-0.15, -0.1) is 0 Å². The summed E-state index contributed by atoms with van der Waals surface area (Å²) in [7, 11) is 0. The Balaban J connectivity index is 1.87. The summed E-state index contributed by atoms with van der Waals surface area (Å²) >= 11 is 5.99. The molecule has 0 N–H and O–H groups in total. The highest BCUT2D eigenvalue weighted by Gasteiger charge is 2.42. The number of nitrogens with zero attached hydrogens (tertiary/aromatic N) is 1. The number of rotatable bonds is 3. The summed E-state index contributed by atoms with van der Waals surface area (Å²) in [6, 6.07) is 23.3. The zero-order valence-electron chi connectivity index (χ0n) is 13.7. The Labute approximate surface area is 156 Å². The van der Waals surface area contributed by atoms with E-state index in [4.69, 9.17) is 11.6 Å². The Kier molecular flexibility index (Phi) is 4.23. The number of carbonyl (C=O) groups is 2. The second-order valence-electron chi connectivity index (χ2n) is 6.05. The van der Waals surface area contributed by atoms with Crippen LogP contribution in [0.5, 0.6) is 0 Å².